The van der Waals surface area contributed by atoms with E-state index >= 15 is 0 Å². The number of benzene rings is 1. The molecule has 0 fully saturated rings. The fourth-order valence-corrected chi connectivity index (χ4v) is 1.97. The number of hydrogen-bond donors (Lipinski definition) is 2. The maximum atomic E-state index is 12.9. The Hall–Kier alpha value is -1.40. The molecule has 0 atom stereocenters. The number of nitrogens with zero attached hydrogens (tertiary/aromatic N) is 2. The third kappa shape index (κ3) is 2.34. The highest BCUT2D eigenvalue weighted by molar-refractivity contribution is 7.99. The fourth-order valence-electron chi connectivity index (χ4n) is 1.15. The van der Waals surface area contributed by atoms with Crippen LogP contribution in [0.5, 0.6) is 0 Å². The van der Waals surface area contributed by atoms with Crippen LogP contribution in [0.3, 0.4) is 0 Å². The van der Waals surface area contributed by atoms with Crippen LogP contribution < -0.4 is 5.73 Å². The predicted octanol–water partition coefficient (Wildman–Crippen LogP) is 1.55. The first-order valence-corrected chi connectivity index (χ1v) is 5.13. The number of halogens is 1. The Morgan fingerprint density at radius 3 is 3.00 bits per heavy atom. The second-order valence-electron chi connectivity index (χ2n) is 2.85. The van der Waals surface area contributed by atoms with Gasteiger partial charge in [-0.1, -0.05) is 11.8 Å². The van der Waals surface area contributed by atoms with Gasteiger partial charge in [0.25, 0.3) is 0 Å². The van der Waals surface area contributed by atoms with E-state index in [9.17, 15) is 4.39 Å². The van der Waals surface area contributed by atoms with Crippen molar-refractivity contribution in [3.05, 3.63) is 35.9 Å². The van der Waals surface area contributed by atoms with Gasteiger partial charge in [-0.15, -0.1) is 0 Å². The first-order valence-electron chi connectivity index (χ1n) is 4.31. The standard InChI is InChI=1S/C9H9FN4S/c10-7-1-2-8(6(3-7)4-11)15-9-12-5-13-14-9/h1-3,5H,4,11H2,(H,12,13,14). The molecule has 0 unspecified atom stereocenters. The molecule has 3 N–H and O–H groups in total. The van der Waals surface area contributed by atoms with Gasteiger partial charge in [-0.05, 0) is 23.8 Å². The molecule has 78 valence electrons. The van der Waals surface area contributed by atoms with E-state index in [-0.39, 0.29) is 5.82 Å². The second kappa shape index (κ2) is 4.41. The largest absolute Gasteiger partial charge is 0.326 e. The Balaban J connectivity index is 2.28. The molecule has 0 bridgehead atoms. The molecule has 2 rings (SSSR count). The number of rotatable bonds is 3. The van der Waals surface area contributed by atoms with E-state index in [0.717, 1.165) is 10.5 Å². The molecule has 1 heterocycles. The third-order valence-electron chi connectivity index (χ3n) is 1.84. The van der Waals surface area contributed by atoms with Crippen molar-refractivity contribution in [2.24, 2.45) is 5.73 Å². The van der Waals surface area contributed by atoms with Gasteiger partial charge in [-0.25, -0.2) is 9.37 Å². The summed E-state index contributed by atoms with van der Waals surface area (Å²) in [7, 11) is 0. The van der Waals surface area contributed by atoms with Crippen LogP contribution in [-0.2, 0) is 6.54 Å². The first kappa shape index (κ1) is 10.1. The molecule has 0 amide bonds. The topological polar surface area (TPSA) is 67.6 Å². The van der Waals surface area contributed by atoms with Crippen molar-refractivity contribution in [1.82, 2.24) is 15.2 Å². The van der Waals surface area contributed by atoms with Crippen molar-refractivity contribution in [3.63, 3.8) is 0 Å². The minimum absolute atomic E-state index is 0.280. The Labute approximate surface area is 90.1 Å². The number of nitrogens with two attached hydrogens (primary N) is 1. The van der Waals surface area contributed by atoms with Gasteiger partial charge in [-0.3, -0.25) is 5.10 Å². The average Bonchev–Trinajstić information content (AvgIpc) is 2.73. The number of hydrogen-bond acceptors (Lipinski definition) is 4. The molecule has 0 saturated carbocycles. The highest BCUT2D eigenvalue weighted by Gasteiger charge is 2.06. The summed E-state index contributed by atoms with van der Waals surface area (Å²) in [6, 6.07) is 4.52. The molecule has 0 spiro atoms. The molecule has 2 aromatic rings. The summed E-state index contributed by atoms with van der Waals surface area (Å²) in [5.41, 5.74) is 6.28. The third-order valence-corrected chi connectivity index (χ3v) is 2.85. The molecule has 0 aliphatic carbocycles. The van der Waals surface area contributed by atoms with Crippen LogP contribution in [0.1, 0.15) is 5.56 Å². The van der Waals surface area contributed by atoms with Crippen molar-refractivity contribution in [2.75, 3.05) is 0 Å². The highest BCUT2D eigenvalue weighted by atomic mass is 32.2. The van der Waals surface area contributed by atoms with Crippen molar-refractivity contribution in [3.8, 4) is 0 Å². The van der Waals surface area contributed by atoms with Crippen LogP contribution >= 0.6 is 11.8 Å². The molecule has 4 nitrogen and oxygen atoms in total. The normalized spacial score (nSPS) is 10.5. The summed E-state index contributed by atoms with van der Waals surface area (Å²) in [5.74, 6) is -0.280. The van der Waals surface area contributed by atoms with Gasteiger partial charge < -0.3 is 5.73 Å². The molecular weight excluding hydrogens is 215 g/mol. The van der Waals surface area contributed by atoms with Gasteiger partial charge in [0.2, 0.25) is 0 Å². The van der Waals surface area contributed by atoms with Gasteiger partial charge in [0.05, 0.1) is 0 Å². The van der Waals surface area contributed by atoms with Crippen molar-refractivity contribution in [2.45, 2.75) is 16.6 Å². The van der Waals surface area contributed by atoms with Crippen LogP contribution in [0.4, 0.5) is 4.39 Å². The Bertz CT molecular complexity index is 443. The number of H-pyrrole nitrogens is 1. The Kier molecular flexibility index (Phi) is 2.98. The van der Waals surface area contributed by atoms with Crippen LogP contribution in [-0.4, -0.2) is 15.2 Å². The summed E-state index contributed by atoms with van der Waals surface area (Å²) < 4.78 is 12.9. The zero-order valence-corrected chi connectivity index (χ0v) is 8.59. The maximum Gasteiger partial charge on any atom is 0.188 e. The molecule has 0 aliphatic rings. The minimum atomic E-state index is -0.280. The number of nitrogens with one attached hydrogen (secondary N) is 1. The first-order chi connectivity index (χ1) is 7.29. The molecule has 0 saturated heterocycles. The summed E-state index contributed by atoms with van der Waals surface area (Å²) >= 11 is 1.38. The lowest BCUT2D eigenvalue weighted by atomic mass is 10.2. The van der Waals surface area contributed by atoms with E-state index in [0.29, 0.717) is 11.7 Å². The zero-order chi connectivity index (χ0) is 10.7. The predicted molar refractivity (Wildman–Crippen MR) is 54.8 cm³/mol. The van der Waals surface area contributed by atoms with Crippen LogP contribution in [0.25, 0.3) is 0 Å². The monoisotopic (exact) mass is 224 g/mol. The molecular formula is C9H9FN4S. The van der Waals surface area contributed by atoms with Crippen molar-refractivity contribution in [1.29, 1.82) is 0 Å². The molecule has 0 radical (unpaired) electrons. The van der Waals surface area contributed by atoms with Crippen molar-refractivity contribution >= 4 is 11.8 Å². The van der Waals surface area contributed by atoms with E-state index in [1.165, 1.54) is 30.2 Å². The molecule has 0 aliphatic heterocycles. The zero-order valence-electron chi connectivity index (χ0n) is 7.77. The van der Waals surface area contributed by atoms with Crippen LogP contribution in [0, 0.1) is 5.82 Å². The van der Waals surface area contributed by atoms with Gasteiger partial charge in [0, 0.05) is 11.4 Å². The average molecular weight is 224 g/mol. The van der Waals surface area contributed by atoms with E-state index in [1.54, 1.807) is 6.07 Å². The van der Waals surface area contributed by atoms with Gasteiger partial charge in [0.1, 0.15) is 12.1 Å². The highest BCUT2D eigenvalue weighted by Crippen LogP contribution is 2.27. The van der Waals surface area contributed by atoms with Gasteiger partial charge in [0.15, 0.2) is 5.16 Å². The lowest BCUT2D eigenvalue weighted by molar-refractivity contribution is 0.623. The quantitative estimate of drug-likeness (QED) is 0.830. The van der Waals surface area contributed by atoms with E-state index in [2.05, 4.69) is 15.2 Å². The summed E-state index contributed by atoms with van der Waals surface area (Å²) in [6.45, 7) is 0.300. The van der Waals surface area contributed by atoms with Gasteiger partial charge in [-0.2, -0.15) is 5.10 Å². The van der Waals surface area contributed by atoms with Gasteiger partial charge >= 0.3 is 0 Å². The molecule has 15 heavy (non-hydrogen) atoms. The minimum Gasteiger partial charge on any atom is -0.326 e. The maximum absolute atomic E-state index is 12.9. The summed E-state index contributed by atoms with van der Waals surface area (Å²) in [5, 5.41) is 7.11. The Morgan fingerprint density at radius 2 is 2.33 bits per heavy atom. The molecule has 6 heteroatoms. The van der Waals surface area contributed by atoms with Crippen LogP contribution in [0.2, 0.25) is 0 Å². The smallest absolute Gasteiger partial charge is 0.188 e. The SMILES string of the molecule is NCc1cc(F)ccc1Sc1ncn[nH]1. The fraction of sp³-hybridized carbons (Fsp3) is 0.111. The van der Waals surface area contributed by atoms with E-state index in [1.807, 2.05) is 0 Å². The van der Waals surface area contributed by atoms with Crippen LogP contribution in [0.15, 0.2) is 34.6 Å². The summed E-state index contributed by atoms with van der Waals surface area (Å²) in [6.07, 6.45) is 1.42. The molecule has 1 aromatic heterocycles. The molecule has 1 aromatic carbocycles. The number of aromatic amines is 1. The van der Waals surface area contributed by atoms with E-state index in [4.69, 9.17) is 5.73 Å². The second-order valence-corrected chi connectivity index (χ2v) is 3.88. The van der Waals surface area contributed by atoms with E-state index < -0.39 is 0 Å². The number of aromatic nitrogens is 3. The lowest BCUT2D eigenvalue weighted by Gasteiger charge is -2.04. The summed E-state index contributed by atoms with van der Waals surface area (Å²) in [4.78, 5) is 4.86. The lowest BCUT2D eigenvalue weighted by Crippen LogP contribution is -1.99. The Morgan fingerprint density at radius 1 is 1.47 bits per heavy atom. The van der Waals surface area contributed by atoms with Crippen molar-refractivity contribution < 1.29 is 4.39 Å².